The average molecular weight is 416 g/mol. The van der Waals surface area contributed by atoms with E-state index < -0.39 is 11.7 Å². The van der Waals surface area contributed by atoms with Crippen molar-refractivity contribution in [3.8, 4) is 0 Å². The van der Waals surface area contributed by atoms with Crippen LogP contribution in [0.15, 0.2) is 0 Å². The molecule has 1 unspecified atom stereocenters. The maximum absolute atomic E-state index is 12.2. The number of carbonyl (C=O) groups excluding carboxylic acids is 1. The molecule has 5 N–H and O–H groups in total. The summed E-state index contributed by atoms with van der Waals surface area (Å²) in [6.07, 6.45) is 3.28. The standard InChI is InChI=1S/C21H45N5O3/c1-4-21(2,3)20(28)29-19(27)18-26-16-14-24-12-10-22-8-6-5-7-9-23-11-13-25-15-17-26/h19,22-25,27H,4-18H2,1-3H3. The molecule has 1 aliphatic heterocycles. The van der Waals surface area contributed by atoms with Crippen molar-refractivity contribution >= 4 is 5.97 Å². The number of esters is 1. The van der Waals surface area contributed by atoms with E-state index in [0.29, 0.717) is 13.0 Å². The molecule has 1 heterocycles. The predicted molar refractivity (Wildman–Crippen MR) is 118 cm³/mol. The van der Waals surface area contributed by atoms with Crippen LogP contribution in [0, 0.1) is 5.41 Å². The van der Waals surface area contributed by atoms with Crippen molar-refractivity contribution in [3.05, 3.63) is 0 Å². The molecule has 172 valence electrons. The number of rotatable bonds is 5. The molecule has 0 aromatic rings. The first kappa shape index (κ1) is 26.3. The van der Waals surface area contributed by atoms with Crippen LogP contribution >= 0.6 is 0 Å². The van der Waals surface area contributed by atoms with Crippen LogP contribution in [0.25, 0.3) is 0 Å². The molecule has 0 spiro atoms. The van der Waals surface area contributed by atoms with Gasteiger partial charge in [-0.05, 0) is 46.2 Å². The normalized spacial score (nSPS) is 21.7. The van der Waals surface area contributed by atoms with Crippen molar-refractivity contribution in [2.45, 2.75) is 52.7 Å². The van der Waals surface area contributed by atoms with Gasteiger partial charge in [-0.1, -0.05) is 13.3 Å². The number of aliphatic hydroxyl groups excluding tert-OH is 1. The van der Waals surface area contributed by atoms with Crippen molar-refractivity contribution in [2.24, 2.45) is 5.41 Å². The van der Waals surface area contributed by atoms with E-state index in [1.165, 1.54) is 19.3 Å². The fourth-order valence-corrected chi connectivity index (χ4v) is 2.98. The summed E-state index contributed by atoms with van der Waals surface area (Å²) in [5, 5.41) is 24.1. The Labute approximate surface area is 177 Å². The molecule has 8 nitrogen and oxygen atoms in total. The minimum atomic E-state index is -1.10. The van der Waals surface area contributed by atoms with E-state index in [1.54, 1.807) is 0 Å². The Morgan fingerprint density at radius 3 is 1.86 bits per heavy atom. The van der Waals surface area contributed by atoms with E-state index in [0.717, 1.165) is 65.4 Å². The van der Waals surface area contributed by atoms with Crippen LogP contribution in [0.3, 0.4) is 0 Å². The molecule has 1 aliphatic rings. The highest BCUT2D eigenvalue weighted by Gasteiger charge is 2.29. The Bertz CT molecular complexity index is 405. The molecule has 1 rings (SSSR count). The number of nitrogens with zero attached hydrogens (tertiary/aromatic N) is 1. The van der Waals surface area contributed by atoms with Crippen LogP contribution in [0.4, 0.5) is 0 Å². The third-order valence-electron chi connectivity index (χ3n) is 5.47. The number of hydrogen-bond donors (Lipinski definition) is 5. The number of hydrogen-bond acceptors (Lipinski definition) is 8. The zero-order valence-electron chi connectivity index (χ0n) is 18.9. The van der Waals surface area contributed by atoms with Crippen molar-refractivity contribution in [3.63, 3.8) is 0 Å². The first-order chi connectivity index (χ1) is 14.0. The Morgan fingerprint density at radius 2 is 1.38 bits per heavy atom. The number of β-amino-alcohol motifs (C(OH)–C–C–N with tert-alkyl or cyclic N) is 1. The summed E-state index contributed by atoms with van der Waals surface area (Å²) in [6, 6.07) is 0. The van der Waals surface area contributed by atoms with Crippen molar-refractivity contribution in [1.29, 1.82) is 0 Å². The molecule has 1 fully saturated rings. The quantitative estimate of drug-likeness (QED) is 0.319. The zero-order valence-corrected chi connectivity index (χ0v) is 18.9. The van der Waals surface area contributed by atoms with Gasteiger partial charge in [-0.2, -0.15) is 0 Å². The Kier molecular flexibility index (Phi) is 14.5. The number of carbonyl (C=O) groups is 1. The largest absolute Gasteiger partial charge is 0.434 e. The molecule has 29 heavy (non-hydrogen) atoms. The van der Waals surface area contributed by atoms with Crippen LogP contribution in [0.5, 0.6) is 0 Å². The highest BCUT2D eigenvalue weighted by Crippen LogP contribution is 2.22. The summed E-state index contributed by atoms with van der Waals surface area (Å²) >= 11 is 0. The molecule has 1 saturated heterocycles. The van der Waals surface area contributed by atoms with E-state index in [2.05, 4.69) is 26.2 Å². The van der Waals surface area contributed by atoms with Gasteiger partial charge in [0, 0.05) is 52.4 Å². The van der Waals surface area contributed by atoms with Gasteiger partial charge in [-0.15, -0.1) is 0 Å². The minimum Gasteiger partial charge on any atom is -0.434 e. The monoisotopic (exact) mass is 415 g/mol. The van der Waals surface area contributed by atoms with Crippen molar-refractivity contribution < 1.29 is 14.6 Å². The number of nitrogens with one attached hydrogen (secondary N) is 4. The van der Waals surface area contributed by atoms with Crippen molar-refractivity contribution in [2.75, 3.05) is 72.0 Å². The molecule has 1 atom stereocenters. The number of ether oxygens (including phenoxy) is 1. The van der Waals surface area contributed by atoms with Crippen LogP contribution in [-0.2, 0) is 9.53 Å². The summed E-state index contributed by atoms with van der Waals surface area (Å²) in [4.78, 5) is 14.3. The highest BCUT2D eigenvalue weighted by atomic mass is 16.6. The van der Waals surface area contributed by atoms with Gasteiger partial charge in [0.05, 0.1) is 12.0 Å². The fraction of sp³-hybridized carbons (Fsp3) is 0.952. The summed E-state index contributed by atoms with van der Waals surface area (Å²) in [5.41, 5.74) is -0.572. The lowest BCUT2D eigenvalue weighted by atomic mass is 9.91. The molecule has 0 aromatic carbocycles. The third kappa shape index (κ3) is 13.2. The molecule has 0 radical (unpaired) electrons. The maximum atomic E-state index is 12.2. The van der Waals surface area contributed by atoms with Gasteiger partial charge in [-0.25, -0.2) is 0 Å². The summed E-state index contributed by atoms with van der Waals surface area (Å²) < 4.78 is 5.29. The molecule has 0 amide bonds. The lowest BCUT2D eigenvalue weighted by Gasteiger charge is -2.27. The van der Waals surface area contributed by atoms with E-state index in [-0.39, 0.29) is 5.97 Å². The molecular formula is C21H45N5O3. The second-order valence-corrected chi connectivity index (χ2v) is 8.46. The van der Waals surface area contributed by atoms with Crippen molar-refractivity contribution in [1.82, 2.24) is 26.2 Å². The van der Waals surface area contributed by atoms with Crippen LogP contribution < -0.4 is 21.3 Å². The second-order valence-electron chi connectivity index (χ2n) is 8.46. The van der Waals surface area contributed by atoms with Gasteiger partial charge in [-0.3, -0.25) is 9.69 Å². The van der Waals surface area contributed by atoms with Gasteiger partial charge in [0.1, 0.15) is 0 Å². The summed E-state index contributed by atoms with van der Waals surface area (Å²) in [7, 11) is 0. The lowest BCUT2D eigenvalue weighted by Crippen LogP contribution is -2.44. The highest BCUT2D eigenvalue weighted by molar-refractivity contribution is 5.75. The Hall–Kier alpha value is -0.770. The maximum Gasteiger partial charge on any atom is 0.313 e. The number of aliphatic hydroxyl groups is 1. The van der Waals surface area contributed by atoms with Crippen LogP contribution in [0.1, 0.15) is 46.5 Å². The Morgan fingerprint density at radius 1 is 0.897 bits per heavy atom. The van der Waals surface area contributed by atoms with Crippen LogP contribution in [0.2, 0.25) is 0 Å². The van der Waals surface area contributed by atoms with Gasteiger partial charge in [0.2, 0.25) is 6.29 Å². The molecular weight excluding hydrogens is 370 g/mol. The SMILES string of the molecule is CCC(C)(C)C(=O)OC(O)CN1CCNCCNCCCCCNCCNCC1. The first-order valence-electron chi connectivity index (χ1n) is 11.4. The topological polar surface area (TPSA) is 97.9 Å². The first-order valence-corrected chi connectivity index (χ1v) is 11.4. The Balaban J connectivity index is 2.43. The van der Waals surface area contributed by atoms with E-state index in [4.69, 9.17) is 4.74 Å². The minimum absolute atomic E-state index is 0.325. The van der Waals surface area contributed by atoms with Gasteiger partial charge in [0.15, 0.2) is 0 Å². The fourth-order valence-electron chi connectivity index (χ4n) is 2.98. The molecule has 0 aromatic heterocycles. The molecule has 0 aliphatic carbocycles. The van der Waals surface area contributed by atoms with Gasteiger partial charge in [0.25, 0.3) is 0 Å². The second kappa shape index (κ2) is 16.0. The molecule has 8 heteroatoms. The van der Waals surface area contributed by atoms with Crippen LogP contribution in [-0.4, -0.2) is 94.3 Å². The predicted octanol–water partition coefficient (Wildman–Crippen LogP) is 0.129. The smallest absolute Gasteiger partial charge is 0.313 e. The van der Waals surface area contributed by atoms with Gasteiger partial charge < -0.3 is 31.1 Å². The average Bonchev–Trinajstić information content (AvgIpc) is 2.69. The van der Waals surface area contributed by atoms with E-state index >= 15 is 0 Å². The molecule has 0 saturated carbocycles. The lowest BCUT2D eigenvalue weighted by molar-refractivity contribution is -0.181. The van der Waals surface area contributed by atoms with E-state index in [1.807, 2.05) is 20.8 Å². The zero-order chi connectivity index (χ0) is 21.4. The summed E-state index contributed by atoms with van der Waals surface area (Å²) in [6.45, 7) is 15.1. The summed E-state index contributed by atoms with van der Waals surface area (Å²) in [5.74, 6) is -0.345. The van der Waals surface area contributed by atoms with Gasteiger partial charge >= 0.3 is 5.97 Å². The molecule has 0 bridgehead atoms. The third-order valence-corrected chi connectivity index (χ3v) is 5.47. The van der Waals surface area contributed by atoms with E-state index in [9.17, 15) is 9.90 Å².